The van der Waals surface area contributed by atoms with Crippen LogP contribution in [0.25, 0.3) is 0 Å². The van der Waals surface area contributed by atoms with Crippen LogP contribution >= 0.6 is 0 Å². The number of hydrogen-bond donors (Lipinski definition) is 2. The van der Waals surface area contributed by atoms with Gasteiger partial charge in [0.1, 0.15) is 29.6 Å². The first-order chi connectivity index (χ1) is 18.9. The highest BCUT2D eigenvalue weighted by atomic mass is 16.5. The van der Waals surface area contributed by atoms with Gasteiger partial charge in [-0.3, -0.25) is 19.9 Å². The van der Waals surface area contributed by atoms with Crippen molar-refractivity contribution in [3.8, 4) is 6.07 Å². The van der Waals surface area contributed by atoms with E-state index in [1.54, 1.807) is 20.3 Å². The van der Waals surface area contributed by atoms with Gasteiger partial charge in [0, 0.05) is 59.2 Å². The molecule has 0 aliphatic carbocycles. The number of amides is 2. The zero-order valence-corrected chi connectivity index (χ0v) is 22.2. The van der Waals surface area contributed by atoms with Gasteiger partial charge in [-0.1, -0.05) is 0 Å². The summed E-state index contributed by atoms with van der Waals surface area (Å²) < 4.78 is 10.8. The van der Waals surface area contributed by atoms with E-state index >= 15 is 0 Å². The molecular formula is C27H33N7O5. The molecule has 5 rings (SSSR count). The SMILES string of the molecule is CO[C@H]1CCN(c2cc(NC(=O)N3CCCc4cc(CN5CC[C@H](OC)C5O)c(C=O)nc43)ncc2C#N)C1. The molecule has 0 radical (unpaired) electrons. The molecule has 2 saturated heterocycles. The lowest BCUT2D eigenvalue weighted by molar-refractivity contribution is -0.0565. The van der Waals surface area contributed by atoms with Crippen LogP contribution in [0.1, 0.15) is 46.4 Å². The molecule has 0 bridgehead atoms. The summed E-state index contributed by atoms with van der Waals surface area (Å²) >= 11 is 0. The van der Waals surface area contributed by atoms with Crippen molar-refractivity contribution in [1.29, 1.82) is 5.26 Å². The summed E-state index contributed by atoms with van der Waals surface area (Å²) in [5.41, 5.74) is 2.94. The Kier molecular flexibility index (Phi) is 8.04. The third-order valence-corrected chi connectivity index (χ3v) is 7.77. The third kappa shape index (κ3) is 5.44. The number of urea groups is 1. The maximum absolute atomic E-state index is 13.4. The van der Waals surface area contributed by atoms with Crippen molar-refractivity contribution in [3.63, 3.8) is 0 Å². The van der Waals surface area contributed by atoms with E-state index in [9.17, 15) is 20.0 Å². The molecule has 2 aromatic heterocycles. The number of anilines is 3. The molecule has 2 aromatic rings. The number of aromatic nitrogens is 2. The number of carbonyl (C=O) groups is 2. The summed E-state index contributed by atoms with van der Waals surface area (Å²) in [6, 6.07) is 5.39. The number of hydrogen-bond acceptors (Lipinski definition) is 10. The summed E-state index contributed by atoms with van der Waals surface area (Å²) in [6.07, 6.45) is 4.23. The van der Waals surface area contributed by atoms with Gasteiger partial charge < -0.3 is 19.5 Å². The number of methoxy groups -OCH3 is 2. The van der Waals surface area contributed by atoms with E-state index in [2.05, 4.69) is 26.3 Å². The number of carbonyl (C=O) groups excluding carboxylic acids is 2. The summed E-state index contributed by atoms with van der Waals surface area (Å²) in [6.45, 7) is 2.84. The number of fused-ring (bicyclic) bond motifs is 1. The Morgan fingerprint density at radius 2 is 2.10 bits per heavy atom. The molecular weight excluding hydrogens is 502 g/mol. The van der Waals surface area contributed by atoms with E-state index in [-0.39, 0.29) is 17.9 Å². The van der Waals surface area contributed by atoms with E-state index in [0.29, 0.717) is 67.3 Å². The fourth-order valence-electron chi connectivity index (χ4n) is 5.60. The van der Waals surface area contributed by atoms with Crippen molar-refractivity contribution in [2.45, 2.75) is 50.7 Å². The molecule has 2 amide bonds. The minimum Gasteiger partial charge on any atom is -0.380 e. The number of nitrogens with one attached hydrogen (secondary N) is 1. The normalized spacial score (nSPS) is 23.0. The largest absolute Gasteiger partial charge is 0.380 e. The molecule has 1 unspecified atom stereocenters. The molecule has 12 nitrogen and oxygen atoms in total. The Morgan fingerprint density at radius 1 is 1.26 bits per heavy atom. The number of aldehydes is 1. The van der Waals surface area contributed by atoms with E-state index in [1.807, 2.05) is 11.0 Å². The van der Waals surface area contributed by atoms with E-state index in [1.165, 1.54) is 11.1 Å². The quantitative estimate of drug-likeness (QED) is 0.505. The summed E-state index contributed by atoms with van der Waals surface area (Å²) in [5, 5.41) is 22.9. The predicted molar refractivity (Wildman–Crippen MR) is 143 cm³/mol. The van der Waals surface area contributed by atoms with E-state index in [0.717, 1.165) is 31.4 Å². The Balaban J connectivity index is 1.35. The van der Waals surface area contributed by atoms with E-state index in [4.69, 9.17) is 9.47 Å². The zero-order valence-electron chi connectivity index (χ0n) is 22.2. The second-order valence-corrected chi connectivity index (χ2v) is 10.1. The Hall–Kier alpha value is -3.63. The average molecular weight is 536 g/mol. The van der Waals surface area contributed by atoms with Crippen molar-refractivity contribution < 1.29 is 24.2 Å². The van der Waals surface area contributed by atoms with Crippen LogP contribution in [0, 0.1) is 11.3 Å². The lowest BCUT2D eigenvalue weighted by Gasteiger charge is -2.30. The van der Waals surface area contributed by atoms with Crippen molar-refractivity contribution in [2.24, 2.45) is 0 Å². The molecule has 0 saturated carbocycles. The standard InChI is InChI=1S/C27H33N7O5/c1-38-20-5-8-32(15-20)22-11-24(29-13-19(22)12-28)31-27(37)34-7-3-4-17-10-18(21(16-35)30-25(17)34)14-33-9-6-23(39-2)26(33)36/h10-11,13,16,20,23,26,36H,3-9,14-15H2,1-2H3,(H,29,31,37)/t20-,23-,26?/m0/s1. The van der Waals surface area contributed by atoms with Gasteiger partial charge in [-0.15, -0.1) is 0 Å². The third-order valence-electron chi connectivity index (χ3n) is 7.77. The van der Waals surface area contributed by atoms with Crippen LogP contribution in [0.15, 0.2) is 18.3 Å². The van der Waals surface area contributed by atoms with Crippen LogP contribution < -0.4 is 15.1 Å². The van der Waals surface area contributed by atoms with E-state index < -0.39 is 12.3 Å². The van der Waals surface area contributed by atoms with Crippen molar-refractivity contribution in [2.75, 3.05) is 55.5 Å². The Bertz CT molecular complexity index is 1280. The first kappa shape index (κ1) is 27.0. The highest BCUT2D eigenvalue weighted by Gasteiger charge is 2.34. The second kappa shape index (κ2) is 11.6. The fourth-order valence-corrected chi connectivity index (χ4v) is 5.60. The number of rotatable bonds is 7. The van der Waals surface area contributed by atoms with Gasteiger partial charge in [0.25, 0.3) is 0 Å². The first-order valence-electron chi connectivity index (χ1n) is 13.1. The summed E-state index contributed by atoms with van der Waals surface area (Å²) in [7, 11) is 3.25. The van der Waals surface area contributed by atoms with Crippen LogP contribution in [-0.2, 0) is 22.4 Å². The molecule has 2 N–H and O–H groups in total. The lowest BCUT2D eigenvalue weighted by atomic mass is 10.0. The molecule has 0 aromatic carbocycles. The number of nitrogens with zero attached hydrogens (tertiary/aromatic N) is 6. The predicted octanol–water partition coefficient (Wildman–Crippen LogP) is 1.91. The Labute approximate surface area is 227 Å². The number of likely N-dealkylation sites (tertiary alicyclic amines) is 1. The topological polar surface area (TPSA) is 144 Å². The van der Waals surface area contributed by atoms with Crippen molar-refractivity contribution >= 4 is 29.6 Å². The molecule has 3 aliphatic heterocycles. The molecule has 206 valence electrons. The second-order valence-electron chi connectivity index (χ2n) is 10.1. The highest BCUT2D eigenvalue weighted by molar-refractivity contribution is 6.01. The minimum atomic E-state index is -0.751. The molecule has 3 aliphatic rings. The smallest absolute Gasteiger partial charge is 0.328 e. The van der Waals surface area contributed by atoms with Gasteiger partial charge in [0.05, 0.1) is 23.5 Å². The maximum atomic E-state index is 13.4. The highest BCUT2D eigenvalue weighted by Crippen LogP contribution is 2.31. The van der Waals surface area contributed by atoms with Crippen LogP contribution in [0.2, 0.25) is 0 Å². The average Bonchev–Trinajstić information content (AvgIpc) is 3.58. The van der Waals surface area contributed by atoms with Gasteiger partial charge in [-0.05, 0) is 42.9 Å². The minimum absolute atomic E-state index is 0.0886. The zero-order chi connectivity index (χ0) is 27.5. The number of ether oxygens (including phenoxy) is 2. The van der Waals surface area contributed by atoms with Gasteiger partial charge >= 0.3 is 6.03 Å². The molecule has 3 atom stereocenters. The van der Waals surface area contributed by atoms with Crippen molar-refractivity contribution in [1.82, 2.24) is 14.9 Å². The fraction of sp³-hybridized carbons (Fsp3) is 0.519. The molecule has 2 fully saturated rings. The van der Waals surface area contributed by atoms with Crippen LogP contribution in [-0.4, -0.2) is 91.1 Å². The summed E-state index contributed by atoms with van der Waals surface area (Å²) in [4.78, 5) is 39.7. The number of aliphatic hydroxyl groups excluding tert-OH is 1. The summed E-state index contributed by atoms with van der Waals surface area (Å²) in [5.74, 6) is 0.766. The monoisotopic (exact) mass is 535 g/mol. The number of aliphatic hydroxyl groups is 1. The van der Waals surface area contributed by atoms with Crippen LogP contribution in [0.4, 0.5) is 22.1 Å². The van der Waals surface area contributed by atoms with Gasteiger partial charge in [-0.25, -0.2) is 14.8 Å². The molecule has 5 heterocycles. The van der Waals surface area contributed by atoms with Gasteiger partial charge in [-0.2, -0.15) is 5.26 Å². The van der Waals surface area contributed by atoms with Gasteiger partial charge in [0.2, 0.25) is 0 Å². The molecule has 0 spiro atoms. The Morgan fingerprint density at radius 3 is 2.79 bits per heavy atom. The molecule has 39 heavy (non-hydrogen) atoms. The number of nitriles is 1. The number of pyridine rings is 2. The van der Waals surface area contributed by atoms with Crippen LogP contribution in [0.5, 0.6) is 0 Å². The lowest BCUT2D eigenvalue weighted by Crippen LogP contribution is -2.40. The van der Waals surface area contributed by atoms with Crippen molar-refractivity contribution in [3.05, 3.63) is 40.7 Å². The number of aryl methyl sites for hydroxylation is 1. The first-order valence-corrected chi connectivity index (χ1v) is 13.1. The molecule has 12 heteroatoms. The van der Waals surface area contributed by atoms with Crippen LogP contribution in [0.3, 0.4) is 0 Å². The maximum Gasteiger partial charge on any atom is 0.328 e. The van der Waals surface area contributed by atoms with Gasteiger partial charge in [0.15, 0.2) is 6.29 Å².